The van der Waals surface area contributed by atoms with Gasteiger partial charge in [-0.3, -0.25) is 9.59 Å². The number of carbonyl (C=O) groups excluding carboxylic acids is 3. The Bertz CT molecular complexity index is 1320. The van der Waals surface area contributed by atoms with Crippen LogP contribution in [0, 0.1) is 12.8 Å². The lowest BCUT2D eigenvalue weighted by Crippen LogP contribution is -2.25. The Morgan fingerprint density at radius 2 is 1.92 bits per heavy atom. The molecule has 37 heavy (non-hydrogen) atoms. The van der Waals surface area contributed by atoms with Gasteiger partial charge in [0.15, 0.2) is 0 Å². The van der Waals surface area contributed by atoms with Crippen LogP contribution in [0.1, 0.15) is 63.4 Å². The molecule has 194 valence electrons. The first-order valence-electron chi connectivity index (χ1n) is 12.5. The molecule has 2 unspecified atom stereocenters. The zero-order chi connectivity index (χ0) is 26.5. The number of aryl methyl sites for hydroxylation is 1. The van der Waals surface area contributed by atoms with E-state index in [0.29, 0.717) is 34.2 Å². The molecular formula is C29H32N2O4S2. The Kier molecular flexibility index (Phi) is 8.71. The quantitative estimate of drug-likeness (QED) is 0.246. The van der Waals surface area contributed by atoms with Crippen LogP contribution in [0.5, 0.6) is 0 Å². The summed E-state index contributed by atoms with van der Waals surface area (Å²) in [5, 5.41) is 6.18. The SMILES string of the molecule is CCC(Sc1cccc(NC(=O)c2cccc(C)c2)c1)C(=O)Nc1sc2c(c1C(=O)OC)CCC(C)C2. The van der Waals surface area contributed by atoms with Crippen LogP contribution in [-0.2, 0) is 22.4 Å². The van der Waals surface area contributed by atoms with E-state index in [0.717, 1.165) is 40.2 Å². The molecule has 2 aromatic carbocycles. The van der Waals surface area contributed by atoms with Gasteiger partial charge in [0.2, 0.25) is 5.91 Å². The molecular weight excluding hydrogens is 504 g/mol. The van der Waals surface area contributed by atoms with Crippen molar-refractivity contribution in [2.24, 2.45) is 5.92 Å². The van der Waals surface area contributed by atoms with Gasteiger partial charge in [-0.1, -0.05) is 37.6 Å². The second-order valence-electron chi connectivity index (χ2n) is 9.40. The predicted molar refractivity (Wildman–Crippen MR) is 151 cm³/mol. The first kappa shape index (κ1) is 26.9. The minimum atomic E-state index is -0.403. The number of anilines is 2. The summed E-state index contributed by atoms with van der Waals surface area (Å²) in [5.74, 6) is -0.182. The van der Waals surface area contributed by atoms with Gasteiger partial charge in [-0.25, -0.2) is 4.79 Å². The molecule has 8 heteroatoms. The van der Waals surface area contributed by atoms with Gasteiger partial charge >= 0.3 is 5.97 Å². The Morgan fingerprint density at radius 1 is 1.14 bits per heavy atom. The highest BCUT2D eigenvalue weighted by molar-refractivity contribution is 8.00. The van der Waals surface area contributed by atoms with Gasteiger partial charge in [0.1, 0.15) is 5.00 Å². The maximum Gasteiger partial charge on any atom is 0.341 e. The summed E-state index contributed by atoms with van der Waals surface area (Å²) < 4.78 is 5.05. The van der Waals surface area contributed by atoms with Crippen molar-refractivity contribution in [1.82, 2.24) is 0 Å². The molecule has 2 N–H and O–H groups in total. The van der Waals surface area contributed by atoms with Crippen molar-refractivity contribution < 1.29 is 19.1 Å². The molecule has 0 bridgehead atoms. The van der Waals surface area contributed by atoms with Gasteiger partial charge in [-0.15, -0.1) is 23.1 Å². The summed E-state index contributed by atoms with van der Waals surface area (Å²) in [6.07, 6.45) is 3.35. The van der Waals surface area contributed by atoms with Gasteiger partial charge in [0.05, 0.1) is 17.9 Å². The summed E-state index contributed by atoms with van der Waals surface area (Å²) in [6, 6.07) is 14.9. The molecule has 2 amide bonds. The zero-order valence-electron chi connectivity index (χ0n) is 21.6. The normalized spacial score (nSPS) is 15.4. The molecule has 0 saturated heterocycles. The topological polar surface area (TPSA) is 84.5 Å². The van der Waals surface area contributed by atoms with Crippen molar-refractivity contribution in [3.63, 3.8) is 0 Å². The Balaban J connectivity index is 1.48. The summed E-state index contributed by atoms with van der Waals surface area (Å²) in [4.78, 5) is 40.6. The van der Waals surface area contributed by atoms with E-state index in [1.165, 1.54) is 30.2 Å². The number of thiophene rings is 1. The van der Waals surface area contributed by atoms with Crippen LogP contribution < -0.4 is 10.6 Å². The van der Waals surface area contributed by atoms with E-state index in [1.54, 1.807) is 6.07 Å². The van der Waals surface area contributed by atoms with Crippen LogP contribution in [0.15, 0.2) is 53.4 Å². The number of nitrogens with one attached hydrogen (secondary N) is 2. The number of rotatable bonds is 8. The fourth-order valence-electron chi connectivity index (χ4n) is 4.47. The number of methoxy groups -OCH3 is 1. The highest BCUT2D eigenvalue weighted by Crippen LogP contribution is 2.40. The molecule has 1 aliphatic carbocycles. The standard InChI is InChI=1S/C29H32N2O4S2/c1-5-23(27(33)31-28-25(29(34)35-4)22-13-12-18(3)15-24(22)37-28)36-21-11-7-10-20(16-21)30-26(32)19-9-6-8-17(2)14-19/h6-11,14,16,18,23H,5,12-13,15H2,1-4H3,(H,30,32)(H,31,33). The predicted octanol–water partition coefficient (Wildman–Crippen LogP) is 6.73. The minimum absolute atomic E-state index is 0.154. The van der Waals surface area contributed by atoms with Gasteiger partial charge < -0.3 is 15.4 Å². The molecule has 0 saturated carbocycles. The fraction of sp³-hybridized carbons (Fsp3) is 0.345. The van der Waals surface area contributed by atoms with Crippen molar-refractivity contribution in [3.05, 3.63) is 75.7 Å². The average molecular weight is 537 g/mol. The number of carbonyl (C=O) groups is 3. The molecule has 0 fully saturated rings. The number of benzene rings is 2. The highest BCUT2D eigenvalue weighted by Gasteiger charge is 2.30. The molecule has 1 aliphatic rings. The minimum Gasteiger partial charge on any atom is -0.465 e. The Morgan fingerprint density at radius 3 is 2.65 bits per heavy atom. The number of thioether (sulfide) groups is 1. The van der Waals surface area contributed by atoms with Crippen molar-refractivity contribution in [1.29, 1.82) is 0 Å². The van der Waals surface area contributed by atoms with Crippen LogP contribution in [0.4, 0.5) is 10.7 Å². The third-order valence-electron chi connectivity index (χ3n) is 6.45. The van der Waals surface area contributed by atoms with Crippen LogP contribution in [0.25, 0.3) is 0 Å². The number of fused-ring (bicyclic) bond motifs is 1. The number of hydrogen-bond acceptors (Lipinski definition) is 6. The molecule has 2 atom stereocenters. The van der Waals surface area contributed by atoms with E-state index < -0.39 is 5.97 Å². The summed E-state index contributed by atoms with van der Waals surface area (Å²) in [7, 11) is 1.37. The van der Waals surface area contributed by atoms with Gasteiger partial charge in [-0.05, 0) is 74.4 Å². The average Bonchev–Trinajstić information content (AvgIpc) is 3.23. The lowest BCUT2D eigenvalue weighted by atomic mass is 9.88. The van der Waals surface area contributed by atoms with Crippen molar-refractivity contribution >= 4 is 51.6 Å². The molecule has 3 aromatic rings. The van der Waals surface area contributed by atoms with E-state index in [1.807, 2.05) is 56.3 Å². The third kappa shape index (κ3) is 6.43. The third-order valence-corrected chi connectivity index (χ3v) is 8.98. The molecule has 6 nitrogen and oxygen atoms in total. The Labute approximate surface area is 226 Å². The van der Waals surface area contributed by atoms with Crippen LogP contribution >= 0.6 is 23.1 Å². The zero-order valence-corrected chi connectivity index (χ0v) is 23.2. The second-order valence-corrected chi connectivity index (χ2v) is 11.8. The molecule has 4 rings (SSSR count). The van der Waals surface area contributed by atoms with Crippen LogP contribution in [-0.4, -0.2) is 30.1 Å². The Hall–Kier alpha value is -3.10. The summed E-state index contributed by atoms with van der Waals surface area (Å²) >= 11 is 2.93. The molecule has 1 heterocycles. The van der Waals surface area contributed by atoms with E-state index in [2.05, 4.69) is 17.6 Å². The fourth-order valence-corrected chi connectivity index (χ4v) is 6.89. The molecule has 0 spiro atoms. The second kappa shape index (κ2) is 12.0. The molecule has 0 aliphatic heterocycles. The summed E-state index contributed by atoms with van der Waals surface area (Å²) in [6.45, 7) is 6.12. The van der Waals surface area contributed by atoms with Gasteiger partial charge in [0.25, 0.3) is 5.91 Å². The van der Waals surface area contributed by atoms with E-state index in [-0.39, 0.29) is 17.1 Å². The van der Waals surface area contributed by atoms with E-state index in [9.17, 15) is 14.4 Å². The van der Waals surface area contributed by atoms with Crippen molar-refractivity contribution in [2.45, 2.75) is 56.6 Å². The number of ether oxygens (including phenoxy) is 1. The lowest BCUT2D eigenvalue weighted by Gasteiger charge is -2.18. The summed E-state index contributed by atoms with van der Waals surface area (Å²) in [5.41, 5.74) is 3.80. The van der Waals surface area contributed by atoms with E-state index in [4.69, 9.17) is 4.74 Å². The lowest BCUT2D eigenvalue weighted by molar-refractivity contribution is -0.115. The van der Waals surface area contributed by atoms with Gasteiger partial charge in [-0.2, -0.15) is 0 Å². The maximum atomic E-state index is 13.3. The number of esters is 1. The number of hydrogen-bond donors (Lipinski definition) is 2. The monoisotopic (exact) mass is 536 g/mol. The van der Waals surface area contributed by atoms with E-state index >= 15 is 0 Å². The van der Waals surface area contributed by atoms with Crippen molar-refractivity contribution in [2.75, 3.05) is 17.7 Å². The maximum absolute atomic E-state index is 13.3. The molecule has 1 aromatic heterocycles. The number of amides is 2. The van der Waals surface area contributed by atoms with Crippen LogP contribution in [0.2, 0.25) is 0 Å². The first-order valence-corrected chi connectivity index (χ1v) is 14.2. The highest BCUT2D eigenvalue weighted by atomic mass is 32.2. The molecule has 0 radical (unpaired) electrons. The largest absolute Gasteiger partial charge is 0.465 e. The smallest absolute Gasteiger partial charge is 0.341 e. The van der Waals surface area contributed by atoms with Crippen LogP contribution in [0.3, 0.4) is 0 Å². The van der Waals surface area contributed by atoms with Crippen molar-refractivity contribution in [3.8, 4) is 0 Å². The first-order chi connectivity index (χ1) is 17.8. The van der Waals surface area contributed by atoms with Gasteiger partial charge in [0, 0.05) is 21.0 Å².